The molecule has 1 atom stereocenters. The molecule has 2 N–H and O–H groups in total. The maximum absolute atomic E-state index is 13.6. The number of halogens is 2. The molecule has 1 unspecified atom stereocenters. The Hall–Kier alpha value is -2.27. The van der Waals surface area contributed by atoms with Crippen molar-refractivity contribution in [3.8, 4) is 5.75 Å². The number of ether oxygens (including phenoxy) is 1. The fourth-order valence-corrected chi connectivity index (χ4v) is 2.24. The highest BCUT2D eigenvalue weighted by molar-refractivity contribution is 6.30. The summed E-state index contributed by atoms with van der Waals surface area (Å²) in [5.74, 6) is -0.384. The van der Waals surface area contributed by atoms with Gasteiger partial charge in [0.1, 0.15) is 11.6 Å². The Bertz CT molecular complexity index is 693. The van der Waals surface area contributed by atoms with Crippen molar-refractivity contribution >= 4 is 28.9 Å². The Morgan fingerprint density at radius 3 is 3.00 bits per heavy atom. The molecule has 4 nitrogen and oxygen atoms in total. The van der Waals surface area contributed by atoms with E-state index in [0.717, 1.165) is 5.69 Å². The van der Waals surface area contributed by atoms with Crippen LogP contribution in [-0.4, -0.2) is 18.6 Å². The van der Waals surface area contributed by atoms with Gasteiger partial charge in [0.05, 0.1) is 17.9 Å². The van der Waals surface area contributed by atoms with Crippen LogP contribution in [0, 0.1) is 5.82 Å². The third-order valence-corrected chi connectivity index (χ3v) is 3.35. The Morgan fingerprint density at radius 1 is 1.33 bits per heavy atom. The zero-order valence-corrected chi connectivity index (χ0v) is 11.7. The first-order valence-electron chi connectivity index (χ1n) is 6.39. The minimum atomic E-state index is -0.738. The highest BCUT2D eigenvalue weighted by Crippen LogP contribution is 2.28. The topological polar surface area (TPSA) is 50.4 Å². The summed E-state index contributed by atoms with van der Waals surface area (Å²) in [5, 5.41) is 5.93. The first-order valence-corrected chi connectivity index (χ1v) is 6.77. The monoisotopic (exact) mass is 306 g/mol. The zero-order valence-electron chi connectivity index (χ0n) is 10.9. The number of anilines is 2. The number of carbonyl (C=O) groups is 1. The highest BCUT2D eigenvalue weighted by Gasteiger charge is 2.26. The predicted molar refractivity (Wildman–Crippen MR) is 79.4 cm³/mol. The lowest BCUT2D eigenvalue weighted by Gasteiger charge is -2.26. The SMILES string of the molecule is O=C(Nc1cc(Cl)ccc1F)C1CNc2ccccc2O1. The third kappa shape index (κ3) is 2.92. The molecule has 1 aliphatic rings. The van der Waals surface area contributed by atoms with Crippen molar-refractivity contribution in [3.63, 3.8) is 0 Å². The second-order valence-corrected chi connectivity index (χ2v) is 5.03. The van der Waals surface area contributed by atoms with Crippen molar-refractivity contribution in [3.05, 3.63) is 53.3 Å². The molecule has 0 saturated heterocycles. The van der Waals surface area contributed by atoms with Crippen LogP contribution in [0.1, 0.15) is 0 Å². The summed E-state index contributed by atoms with van der Waals surface area (Å²) >= 11 is 5.79. The van der Waals surface area contributed by atoms with Gasteiger partial charge in [-0.15, -0.1) is 0 Å². The normalized spacial score (nSPS) is 16.4. The van der Waals surface area contributed by atoms with Gasteiger partial charge in [0.2, 0.25) is 0 Å². The number of carbonyl (C=O) groups excluding carboxylic acids is 1. The van der Waals surface area contributed by atoms with Gasteiger partial charge in [0, 0.05) is 5.02 Å². The lowest BCUT2D eigenvalue weighted by atomic mass is 10.2. The van der Waals surface area contributed by atoms with Gasteiger partial charge in [0.25, 0.3) is 5.91 Å². The molecule has 0 fully saturated rings. The number of hydrogen-bond acceptors (Lipinski definition) is 3. The Kier molecular flexibility index (Phi) is 3.66. The van der Waals surface area contributed by atoms with Crippen molar-refractivity contribution in [1.29, 1.82) is 0 Å². The number of para-hydroxylation sites is 2. The Balaban J connectivity index is 1.74. The molecule has 0 aromatic heterocycles. The molecule has 1 heterocycles. The molecule has 0 saturated carbocycles. The molecule has 108 valence electrons. The van der Waals surface area contributed by atoms with Crippen molar-refractivity contribution < 1.29 is 13.9 Å². The summed E-state index contributed by atoms with van der Waals surface area (Å²) in [7, 11) is 0. The van der Waals surface area contributed by atoms with Crippen LogP contribution in [0.25, 0.3) is 0 Å². The van der Waals surface area contributed by atoms with E-state index in [2.05, 4.69) is 10.6 Å². The van der Waals surface area contributed by atoms with Crippen LogP contribution in [0.5, 0.6) is 5.75 Å². The molecule has 2 aromatic carbocycles. The largest absolute Gasteiger partial charge is 0.477 e. The number of fused-ring (bicyclic) bond motifs is 1. The van der Waals surface area contributed by atoms with E-state index in [1.807, 2.05) is 18.2 Å². The molecule has 2 aromatic rings. The van der Waals surface area contributed by atoms with Gasteiger partial charge in [-0.2, -0.15) is 0 Å². The van der Waals surface area contributed by atoms with E-state index >= 15 is 0 Å². The van der Waals surface area contributed by atoms with E-state index in [1.54, 1.807) is 6.07 Å². The molecule has 0 bridgehead atoms. The van der Waals surface area contributed by atoms with Crippen LogP contribution in [0.2, 0.25) is 5.02 Å². The first kappa shape index (κ1) is 13.7. The second-order valence-electron chi connectivity index (χ2n) is 4.60. The summed E-state index contributed by atoms with van der Waals surface area (Å²) in [6, 6.07) is 11.3. The number of amides is 1. The van der Waals surface area contributed by atoms with Gasteiger partial charge in [0.15, 0.2) is 6.10 Å². The van der Waals surface area contributed by atoms with Gasteiger partial charge < -0.3 is 15.4 Å². The highest BCUT2D eigenvalue weighted by atomic mass is 35.5. The summed E-state index contributed by atoms with van der Waals surface area (Å²) < 4.78 is 19.2. The van der Waals surface area contributed by atoms with Gasteiger partial charge in [-0.05, 0) is 30.3 Å². The third-order valence-electron chi connectivity index (χ3n) is 3.11. The first-order chi connectivity index (χ1) is 10.1. The lowest BCUT2D eigenvalue weighted by molar-refractivity contribution is -0.122. The fraction of sp³-hybridized carbons (Fsp3) is 0.133. The molecule has 1 aliphatic heterocycles. The van der Waals surface area contributed by atoms with Crippen molar-refractivity contribution in [2.75, 3.05) is 17.2 Å². The molecular weight excluding hydrogens is 295 g/mol. The van der Waals surface area contributed by atoms with Crippen LogP contribution in [0.4, 0.5) is 15.8 Å². The lowest BCUT2D eigenvalue weighted by Crippen LogP contribution is -2.41. The number of benzene rings is 2. The number of rotatable bonds is 2. The van der Waals surface area contributed by atoms with Crippen LogP contribution in [-0.2, 0) is 4.79 Å². The summed E-state index contributed by atoms with van der Waals surface area (Å²) in [5.41, 5.74) is 0.866. The number of nitrogens with one attached hydrogen (secondary N) is 2. The van der Waals surface area contributed by atoms with Crippen LogP contribution >= 0.6 is 11.6 Å². The minimum absolute atomic E-state index is 0.0370. The van der Waals surface area contributed by atoms with Gasteiger partial charge in [-0.25, -0.2) is 4.39 Å². The minimum Gasteiger partial charge on any atom is -0.477 e. The smallest absolute Gasteiger partial charge is 0.267 e. The molecule has 0 aliphatic carbocycles. The molecule has 1 amide bonds. The van der Waals surface area contributed by atoms with Crippen LogP contribution < -0.4 is 15.4 Å². The van der Waals surface area contributed by atoms with E-state index in [9.17, 15) is 9.18 Å². The van der Waals surface area contributed by atoms with Crippen molar-refractivity contribution in [2.24, 2.45) is 0 Å². The average Bonchev–Trinajstić information content (AvgIpc) is 2.50. The number of hydrogen-bond donors (Lipinski definition) is 2. The molecule has 6 heteroatoms. The summed E-state index contributed by atoms with van der Waals surface area (Å²) in [4.78, 5) is 12.2. The molecule has 3 rings (SSSR count). The van der Waals surface area contributed by atoms with Crippen LogP contribution in [0.15, 0.2) is 42.5 Å². The maximum atomic E-state index is 13.6. The van der Waals surface area contributed by atoms with E-state index < -0.39 is 17.8 Å². The van der Waals surface area contributed by atoms with Gasteiger partial charge in [-0.1, -0.05) is 23.7 Å². The quantitative estimate of drug-likeness (QED) is 0.895. The molecular formula is C15H12ClFN2O2. The predicted octanol–water partition coefficient (Wildman–Crippen LogP) is 3.29. The standard InChI is InChI=1S/C15H12ClFN2O2/c16-9-5-6-10(17)12(7-9)19-15(20)14-8-18-11-3-1-2-4-13(11)21-14/h1-7,14,18H,8H2,(H,19,20). The van der Waals surface area contributed by atoms with E-state index in [4.69, 9.17) is 16.3 Å². The van der Waals surface area contributed by atoms with E-state index in [1.165, 1.54) is 18.2 Å². The summed E-state index contributed by atoms with van der Waals surface area (Å²) in [6.45, 7) is 0.311. The zero-order chi connectivity index (χ0) is 14.8. The summed E-state index contributed by atoms with van der Waals surface area (Å²) in [6.07, 6.45) is -0.738. The van der Waals surface area contributed by atoms with E-state index in [0.29, 0.717) is 17.3 Å². The van der Waals surface area contributed by atoms with E-state index in [-0.39, 0.29) is 5.69 Å². The molecule has 0 radical (unpaired) electrons. The maximum Gasteiger partial charge on any atom is 0.267 e. The molecule has 21 heavy (non-hydrogen) atoms. The van der Waals surface area contributed by atoms with Gasteiger partial charge in [-0.3, -0.25) is 4.79 Å². The molecule has 0 spiro atoms. The van der Waals surface area contributed by atoms with Crippen molar-refractivity contribution in [2.45, 2.75) is 6.10 Å². The van der Waals surface area contributed by atoms with Crippen LogP contribution in [0.3, 0.4) is 0 Å². The Morgan fingerprint density at radius 2 is 2.14 bits per heavy atom. The van der Waals surface area contributed by atoms with Crippen molar-refractivity contribution in [1.82, 2.24) is 0 Å². The average molecular weight is 307 g/mol. The van der Waals surface area contributed by atoms with Gasteiger partial charge >= 0.3 is 0 Å². The fourth-order valence-electron chi connectivity index (χ4n) is 2.07. The second kappa shape index (κ2) is 5.61. The Labute approximate surface area is 125 Å².